The van der Waals surface area contributed by atoms with Gasteiger partial charge in [-0.1, -0.05) is 44.2 Å². The van der Waals surface area contributed by atoms with E-state index in [1.54, 1.807) is 32.0 Å². The van der Waals surface area contributed by atoms with Gasteiger partial charge in [-0.25, -0.2) is 0 Å². The minimum absolute atomic E-state index is 0.166. The van der Waals surface area contributed by atoms with Crippen LogP contribution >= 0.6 is 0 Å². The van der Waals surface area contributed by atoms with Crippen molar-refractivity contribution in [3.63, 3.8) is 0 Å². The first kappa shape index (κ1) is 19.0. The van der Waals surface area contributed by atoms with E-state index in [9.17, 15) is 22.8 Å². The normalized spacial score (nSPS) is 13.4. The molecule has 4 nitrogen and oxygen atoms in total. The Morgan fingerprint density at radius 2 is 1.70 bits per heavy atom. The highest BCUT2D eigenvalue weighted by Gasteiger charge is 2.34. The molecule has 128 valence electrons. The zero-order valence-corrected chi connectivity index (χ0v) is 13.0. The van der Waals surface area contributed by atoms with E-state index < -0.39 is 35.9 Å². The molecular weight excluding hydrogens is 311 g/mol. The molecule has 0 bridgehead atoms. The number of alkyl halides is 3. The fraction of sp³-hybridized carbons (Fsp3) is 0.500. The van der Waals surface area contributed by atoms with Crippen LogP contribution in [0.25, 0.3) is 0 Å². The van der Waals surface area contributed by atoms with Gasteiger partial charge in [-0.15, -0.1) is 0 Å². The Labute approximate surface area is 132 Å². The van der Waals surface area contributed by atoms with Crippen LogP contribution < -0.4 is 5.32 Å². The van der Waals surface area contributed by atoms with Gasteiger partial charge in [-0.3, -0.25) is 9.59 Å². The minimum Gasteiger partial charge on any atom is -0.481 e. The van der Waals surface area contributed by atoms with Crippen molar-refractivity contribution in [3.8, 4) is 0 Å². The number of benzene rings is 1. The maximum Gasteiger partial charge on any atom is 0.391 e. The third-order valence-electron chi connectivity index (χ3n) is 3.24. The second kappa shape index (κ2) is 7.48. The average molecular weight is 331 g/mol. The number of carbonyl (C=O) groups excluding carboxylic acids is 1. The van der Waals surface area contributed by atoms with Gasteiger partial charge in [0.05, 0.1) is 18.9 Å². The number of hydrogen-bond donors (Lipinski definition) is 2. The monoisotopic (exact) mass is 331 g/mol. The van der Waals surface area contributed by atoms with Gasteiger partial charge in [-0.2, -0.15) is 13.2 Å². The molecule has 2 N–H and O–H groups in total. The molecule has 1 amide bonds. The van der Waals surface area contributed by atoms with E-state index in [4.69, 9.17) is 5.11 Å². The van der Waals surface area contributed by atoms with Crippen molar-refractivity contribution in [3.05, 3.63) is 35.9 Å². The standard InChI is InChI=1S/C16H20F3NO3/c1-15(2,10-14(22)23)9-13(21)20-12(8-16(17,18)19)11-6-4-3-5-7-11/h3-7,12H,8-10H2,1-2H3,(H,20,21)(H,22,23)/t12-/m1/s1. The quantitative estimate of drug-likeness (QED) is 0.801. The van der Waals surface area contributed by atoms with E-state index in [-0.39, 0.29) is 12.8 Å². The molecule has 23 heavy (non-hydrogen) atoms. The van der Waals surface area contributed by atoms with Crippen molar-refractivity contribution >= 4 is 11.9 Å². The number of halogens is 3. The fourth-order valence-electron chi connectivity index (χ4n) is 2.32. The largest absolute Gasteiger partial charge is 0.481 e. The maximum atomic E-state index is 12.7. The molecule has 1 rings (SSSR count). The summed E-state index contributed by atoms with van der Waals surface area (Å²) >= 11 is 0. The summed E-state index contributed by atoms with van der Waals surface area (Å²) in [6, 6.07) is 6.70. The second-order valence-electron chi connectivity index (χ2n) is 6.26. The first-order chi connectivity index (χ1) is 10.5. The number of aliphatic carboxylic acids is 1. The lowest BCUT2D eigenvalue weighted by molar-refractivity contribution is -0.143. The molecule has 0 aliphatic heterocycles. The van der Waals surface area contributed by atoms with Gasteiger partial charge in [0.25, 0.3) is 0 Å². The van der Waals surface area contributed by atoms with Crippen LogP contribution in [0.4, 0.5) is 13.2 Å². The molecule has 0 spiro atoms. The SMILES string of the molecule is CC(C)(CC(=O)O)CC(=O)N[C@H](CC(F)(F)F)c1ccccc1. The molecule has 0 aromatic heterocycles. The van der Waals surface area contributed by atoms with Crippen LogP contribution in [0.2, 0.25) is 0 Å². The first-order valence-electron chi connectivity index (χ1n) is 7.11. The van der Waals surface area contributed by atoms with Crippen LogP contribution in [0.5, 0.6) is 0 Å². The van der Waals surface area contributed by atoms with Crippen molar-refractivity contribution in [2.45, 2.75) is 45.3 Å². The third kappa shape index (κ3) is 7.67. The van der Waals surface area contributed by atoms with Gasteiger partial charge in [0.1, 0.15) is 0 Å². The summed E-state index contributed by atoms with van der Waals surface area (Å²) in [5, 5.41) is 11.2. The zero-order valence-electron chi connectivity index (χ0n) is 13.0. The zero-order chi connectivity index (χ0) is 17.7. The summed E-state index contributed by atoms with van der Waals surface area (Å²) in [4.78, 5) is 22.8. The van der Waals surface area contributed by atoms with E-state index in [0.29, 0.717) is 5.56 Å². The van der Waals surface area contributed by atoms with Crippen molar-refractivity contribution in [2.75, 3.05) is 0 Å². The molecule has 0 saturated carbocycles. The predicted octanol–water partition coefficient (Wildman–Crippen LogP) is 3.69. The number of carboxylic acid groups (broad SMARTS) is 1. The summed E-state index contributed by atoms with van der Waals surface area (Å²) in [5.41, 5.74) is -0.482. The van der Waals surface area contributed by atoms with Crippen molar-refractivity contribution in [2.24, 2.45) is 5.41 Å². The summed E-state index contributed by atoms with van der Waals surface area (Å²) < 4.78 is 38.2. The smallest absolute Gasteiger partial charge is 0.391 e. The highest BCUT2D eigenvalue weighted by atomic mass is 19.4. The number of nitrogens with one attached hydrogen (secondary N) is 1. The highest BCUT2D eigenvalue weighted by molar-refractivity contribution is 5.78. The lowest BCUT2D eigenvalue weighted by Gasteiger charge is -2.25. The Balaban J connectivity index is 2.81. The van der Waals surface area contributed by atoms with Crippen molar-refractivity contribution in [1.29, 1.82) is 0 Å². The topological polar surface area (TPSA) is 66.4 Å². The maximum absolute atomic E-state index is 12.7. The van der Waals surface area contributed by atoms with Crippen molar-refractivity contribution in [1.82, 2.24) is 5.32 Å². The molecule has 1 aromatic carbocycles. The molecule has 7 heteroatoms. The molecule has 0 saturated heterocycles. The van der Waals surface area contributed by atoms with Gasteiger partial charge in [0.15, 0.2) is 0 Å². The molecule has 1 aromatic rings. The number of rotatable bonds is 7. The Morgan fingerprint density at radius 3 is 2.17 bits per heavy atom. The molecular formula is C16H20F3NO3. The number of carboxylic acids is 1. The number of amides is 1. The second-order valence-corrected chi connectivity index (χ2v) is 6.26. The summed E-state index contributed by atoms with van der Waals surface area (Å²) in [6.07, 6.45) is -6.01. The Bertz CT molecular complexity index is 541. The molecule has 0 unspecified atom stereocenters. The van der Waals surface area contributed by atoms with E-state index in [0.717, 1.165) is 0 Å². The van der Waals surface area contributed by atoms with E-state index >= 15 is 0 Å². The Hall–Kier alpha value is -2.05. The molecule has 0 heterocycles. The third-order valence-corrected chi connectivity index (χ3v) is 3.24. The lowest BCUT2D eigenvalue weighted by Crippen LogP contribution is -2.35. The summed E-state index contributed by atoms with van der Waals surface area (Å²) in [7, 11) is 0. The van der Waals surface area contributed by atoms with Crippen LogP contribution in [-0.4, -0.2) is 23.2 Å². The van der Waals surface area contributed by atoms with E-state index in [2.05, 4.69) is 5.32 Å². The Morgan fingerprint density at radius 1 is 1.13 bits per heavy atom. The van der Waals surface area contributed by atoms with Crippen molar-refractivity contribution < 1.29 is 27.9 Å². The van der Waals surface area contributed by atoms with E-state index in [1.807, 2.05) is 0 Å². The van der Waals surface area contributed by atoms with Crippen LogP contribution in [0.1, 0.15) is 44.7 Å². The molecule has 0 aliphatic rings. The minimum atomic E-state index is -4.43. The van der Waals surface area contributed by atoms with Gasteiger partial charge in [0.2, 0.25) is 5.91 Å². The number of hydrogen-bond acceptors (Lipinski definition) is 2. The number of carbonyl (C=O) groups is 2. The molecule has 1 atom stereocenters. The van der Waals surface area contributed by atoms with Crippen LogP contribution in [0.15, 0.2) is 30.3 Å². The van der Waals surface area contributed by atoms with Crippen LogP contribution in [0.3, 0.4) is 0 Å². The van der Waals surface area contributed by atoms with Crippen LogP contribution in [0, 0.1) is 5.41 Å². The van der Waals surface area contributed by atoms with Gasteiger partial charge < -0.3 is 10.4 Å². The average Bonchev–Trinajstić information content (AvgIpc) is 2.34. The highest BCUT2D eigenvalue weighted by Crippen LogP contribution is 2.31. The van der Waals surface area contributed by atoms with Gasteiger partial charge in [0, 0.05) is 6.42 Å². The Kier molecular flexibility index (Phi) is 6.18. The van der Waals surface area contributed by atoms with E-state index in [1.165, 1.54) is 12.1 Å². The first-order valence-corrected chi connectivity index (χ1v) is 7.11. The summed E-state index contributed by atoms with van der Waals surface area (Å²) in [5.74, 6) is -1.66. The lowest BCUT2D eigenvalue weighted by atomic mass is 9.85. The summed E-state index contributed by atoms with van der Waals surface area (Å²) in [6.45, 7) is 3.17. The van der Waals surface area contributed by atoms with Gasteiger partial charge in [-0.05, 0) is 11.0 Å². The molecule has 0 fully saturated rings. The molecule has 0 aliphatic carbocycles. The fourth-order valence-corrected chi connectivity index (χ4v) is 2.32. The predicted molar refractivity (Wildman–Crippen MR) is 78.6 cm³/mol. The molecule has 0 radical (unpaired) electrons. The van der Waals surface area contributed by atoms with Crippen LogP contribution in [-0.2, 0) is 9.59 Å². The van der Waals surface area contributed by atoms with Gasteiger partial charge >= 0.3 is 12.1 Å².